The van der Waals surface area contributed by atoms with E-state index in [-0.39, 0.29) is 0 Å². The second-order valence-corrected chi connectivity index (χ2v) is 7.69. The molecule has 1 aromatic heterocycles. The van der Waals surface area contributed by atoms with E-state index in [0.29, 0.717) is 24.3 Å². The van der Waals surface area contributed by atoms with Gasteiger partial charge in [0.2, 0.25) is 11.0 Å². The van der Waals surface area contributed by atoms with Crippen LogP contribution in [-0.4, -0.2) is 40.1 Å². The van der Waals surface area contributed by atoms with Crippen LogP contribution in [0.2, 0.25) is 0 Å². The number of rotatable bonds is 5. The van der Waals surface area contributed by atoms with Gasteiger partial charge in [-0.25, -0.2) is 0 Å². The van der Waals surface area contributed by atoms with Crippen LogP contribution in [0.15, 0.2) is 30.3 Å². The second-order valence-electron chi connectivity index (χ2n) is 6.71. The van der Waals surface area contributed by atoms with Crippen molar-refractivity contribution in [3.05, 3.63) is 30.3 Å². The Hall–Kier alpha value is -1.95. The van der Waals surface area contributed by atoms with Gasteiger partial charge in [-0.1, -0.05) is 54.5 Å². The highest BCUT2D eigenvalue weighted by atomic mass is 32.1. The standard InChI is InChI=1S/C18H22N4OS/c23-16-10-13(12-22(16)15-8-4-5-9-15)11-19-18-21-20-17(24-18)14-6-2-1-3-7-14/h1-3,6-7,13,15H,4-5,8-12H2,(H,19,21). The smallest absolute Gasteiger partial charge is 0.223 e. The summed E-state index contributed by atoms with van der Waals surface area (Å²) in [6.45, 7) is 1.68. The third-order valence-corrected chi connectivity index (χ3v) is 5.92. The summed E-state index contributed by atoms with van der Waals surface area (Å²) < 4.78 is 0. The Morgan fingerprint density at radius 3 is 2.75 bits per heavy atom. The molecule has 2 aromatic rings. The van der Waals surface area contributed by atoms with E-state index in [1.165, 1.54) is 25.7 Å². The Morgan fingerprint density at radius 1 is 1.17 bits per heavy atom. The predicted molar refractivity (Wildman–Crippen MR) is 95.9 cm³/mol. The summed E-state index contributed by atoms with van der Waals surface area (Å²) in [6.07, 6.45) is 5.56. The number of anilines is 1. The Bertz CT molecular complexity index is 696. The maximum Gasteiger partial charge on any atom is 0.223 e. The summed E-state index contributed by atoms with van der Waals surface area (Å²) in [5, 5.41) is 13.6. The first-order valence-electron chi connectivity index (χ1n) is 8.72. The number of nitrogens with one attached hydrogen (secondary N) is 1. The normalized spacial score (nSPS) is 21.6. The van der Waals surface area contributed by atoms with Crippen molar-refractivity contribution in [1.29, 1.82) is 0 Å². The highest BCUT2D eigenvalue weighted by Crippen LogP contribution is 2.30. The molecule has 0 bridgehead atoms. The fourth-order valence-corrected chi connectivity index (χ4v) is 4.49. The average Bonchev–Trinajstić information content (AvgIpc) is 3.34. The second kappa shape index (κ2) is 6.89. The molecule has 5 nitrogen and oxygen atoms in total. The van der Waals surface area contributed by atoms with Crippen LogP contribution >= 0.6 is 11.3 Å². The molecular formula is C18H22N4OS. The monoisotopic (exact) mass is 342 g/mol. The zero-order valence-corrected chi connectivity index (χ0v) is 14.5. The number of benzene rings is 1. The lowest BCUT2D eigenvalue weighted by Crippen LogP contribution is -2.34. The van der Waals surface area contributed by atoms with E-state index in [2.05, 4.69) is 20.4 Å². The molecule has 1 aliphatic carbocycles. The third-order valence-electron chi connectivity index (χ3n) is 4.99. The summed E-state index contributed by atoms with van der Waals surface area (Å²) in [5.74, 6) is 0.707. The van der Waals surface area contributed by atoms with E-state index in [9.17, 15) is 4.79 Å². The number of carbonyl (C=O) groups is 1. The summed E-state index contributed by atoms with van der Waals surface area (Å²) in [5.41, 5.74) is 1.09. The molecule has 1 unspecified atom stereocenters. The van der Waals surface area contributed by atoms with Crippen molar-refractivity contribution in [3.8, 4) is 10.6 Å². The highest BCUT2D eigenvalue weighted by molar-refractivity contribution is 7.18. The lowest BCUT2D eigenvalue weighted by Gasteiger charge is -2.24. The van der Waals surface area contributed by atoms with Gasteiger partial charge in [0.05, 0.1) is 0 Å². The summed E-state index contributed by atoms with van der Waals surface area (Å²) >= 11 is 1.56. The van der Waals surface area contributed by atoms with E-state index in [1.54, 1.807) is 11.3 Å². The van der Waals surface area contributed by atoms with Crippen LogP contribution in [0.4, 0.5) is 5.13 Å². The van der Waals surface area contributed by atoms with Gasteiger partial charge in [0, 0.05) is 37.0 Å². The Balaban J connectivity index is 1.33. The van der Waals surface area contributed by atoms with E-state index >= 15 is 0 Å². The maximum atomic E-state index is 12.2. The minimum Gasteiger partial charge on any atom is -0.360 e. The van der Waals surface area contributed by atoms with Crippen molar-refractivity contribution >= 4 is 22.4 Å². The van der Waals surface area contributed by atoms with Gasteiger partial charge in [-0.2, -0.15) is 0 Å². The van der Waals surface area contributed by atoms with E-state index in [4.69, 9.17) is 0 Å². The van der Waals surface area contributed by atoms with Gasteiger partial charge in [-0.15, -0.1) is 10.2 Å². The Kier molecular flexibility index (Phi) is 4.47. The van der Waals surface area contributed by atoms with Crippen molar-refractivity contribution < 1.29 is 4.79 Å². The Labute approximate surface area is 146 Å². The van der Waals surface area contributed by atoms with Crippen LogP contribution < -0.4 is 5.32 Å². The molecule has 6 heteroatoms. The molecule has 2 heterocycles. The molecule has 0 spiro atoms. The molecule has 1 aromatic carbocycles. The molecule has 1 saturated carbocycles. The third kappa shape index (κ3) is 3.29. The van der Waals surface area contributed by atoms with Crippen molar-refractivity contribution in [2.24, 2.45) is 5.92 Å². The lowest BCUT2D eigenvalue weighted by molar-refractivity contribution is -0.129. The number of likely N-dealkylation sites (tertiary alicyclic amines) is 1. The van der Waals surface area contributed by atoms with Crippen molar-refractivity contribution in [2.45, 2.75) is 38.1 Å². The van der Waals surface area contributed by atoms with Crippen LogP contribution in [0, 0.1) is 5.92 Å². The number of carbonyl (C=O) groups excluding carboxylic acids is 1. The van der Waals surface area contributed by atoms with Gasteiger partial charge in [-0.05, 0) is 12.8 Å². The number of nitrogens with zero attached hydrogens (tertiary/aromatic N) is 3. The van der Waals surface area contributed by atoms with E-state index in [0.717, 1.165) is 28.8 Å². The lowest BCUT2D eigenvalue weighted by atomic mass is 10.1. The van der Waals surface area contributed by atoms with Crippen LogP contribution in [0.3, 0.4) is 0 Å². The maximum absolute atomic E-state index is 12.2. The summed E-state index contributed by atoms with van der Waals surface area (Å²) in [6, 6.07) is 10.6. The number of amides is 1. The Morgan fingerprint density at radius 2 is 1.96 bits per heavy atom. The minimum absolute atomic E-state index is 0.330. The first kappa shape index (κ1) is 15.6. The molecule has 126 valence electrons. The van der Waals surface area contributed by atoms with Gasteiger partial charge >= 0.3 is 0 Å². The number of hydrogen-bond acceptors (Lipinski definition) is 5. The molecule has 1 saturated heterocycles. The number of hydrogen-bond donors (Lipinski definition) is 1. The summed E-state index contributed by atoms with van der Waals surface area (Å²) in [7, 11) is 0. The molecule has 1 atom stereocenters. The SMILES string of the molecule is O=C1CC(CNc2nnc(-c3ccccc3)s2)CN1C1CCCC1. The van der Waals surface area contributed by atoms with Crippen LogP contribution in [0.25, 0.3) is 10.6 Å². The van der Waals surface area contributed by atoms with Gasteiger partial charge in [0.1, 0.15) is 5.01 Å². The van der Waals surface area contributed by atoms with Crippen LogP contribution in [0.5, 0.6) is 0 Å². The van der Waals surface area contributed by atoms with E-state index in [1.807, 2.05) is 30.3 Å². The minimum atomic E-state index is 0.330. The first-order valence-corrected chi connectivity index (χ1v) is 9.53. The average molecular weight is 342 g/mol. The molecule has 1 amide bonds. The van der Waals surface area contributed by atoms with Crippen molar-refractivity contribution in [1.82, 2.24) is 15.1 Å². The molecular weight excluding hydrogens is 320 g/mol. The molecule has 4 rings (SSSR count). The van der Waals surface area contributed by atoms with Gasteiger partial charge in [-0.3, -0.25) is 4.79 Å². The first-order chi connectivity index (χ1) is 11.8. The molecule has 1 N–H and O–H groups in total. The van der Waals surface area contributed by atoms with Gasteiger partial charge in [0.25, 0.3) is 0 Å². The molecule has 0 radical (unpaired) electrons. The predicted octanol–water partition coefficient (Wildman–Crippen LogP) is 3.41. The largest absolute Gasteiger partial charge is 0.360 e. The molecule has 1 aliphatic heterocycles. The summed E-state index contributed by atoms with van der Waals surface area (Å²) in [4.78, 5) is 14.4. The van der Waals surface area contributed by atoms with Crippen molar-refractivity contribution in [2.75, 3.05) is 18.4 Å². The fourth-order valence-electron chi connectivity index (χ4n) is 3.74. The molecule has 24 heavy (non-hydrogen) atoms. The zero-order valence-electron chi connectivity index (χ0n) is 13.6. The molecule has 2 aliphatic rings. The quantitative estimate of drug-likeness (QED) is 0.905. The number of aromatic nitrogens is 2. The fraction of sp³-hybridized carbons (Fsp3) is 0.500. The molecule has 2 fully saturated rings. The highest BCUT2D eigenvalue weighted by Gasteiger charge is 2.35. The van der Waals surface area contributed by atoms with Gasteiger partial charge < -0.3 is 10.2 Å². The van der Waals surface area contributed by atoms with Crippen LogP contribution in [0.1, 0.15) is 32.1 Å². The van der Waals surface area contributed by atoms with Crippen molar-refractivity contribution in [3.63, 3.8) is 0 Å². The van der Waals surface area contributed by atoms with Crippen LogP contribution in [-0.2, 0) is 4.79 Å². The zero-order chi connectivity index (χ0) is 16.4. The van der Waals surface area contributed by atoms with E-state index < -0.39 is 0 Å². The van der Waals surface area contributed by atoms with Gasteiger partial charge in [0.15, 0.2) is 0 Å². The topological polar surface area (TPSA) is 58.1 Å².